The number of hydrogen-bond acceptors (Lipinski definition) is 4. The summed E-state index contributed by atoms with van der Waals surface area (Å²) in [5, 5.41) is 7.46. The number of amides is 1. The number of aromatic amines is 1. The molecule has 3 aromatic rings. The fraction of sp³-hybridized carbons (Fsp3) is 0.294. The van der Waals surface area contributed by atoms with Gasteiger partial charge >= 0.3 is 0 Å². The van der Waals surface area contributed by atoms with Crippen LogP contribution < -0.4 is 5.32 Å². The first-order valence-corrected chi connectivity index (χ1v) is 7.95. The van der Waals surface area contributed by atoms with Crippen molar-refractivity contribution in [2.75, 3.05) is 5.32 Å². The van der Waals surface area contributed by atoms with Crippen LogP contribution in [-0.4, -0.2) is 30.6 Å². The van der Waals surface area contributed by atoms with Gasteiger partial charge in [-0.15, -0.1) is 0 Å². The van der Waals surface area contributed by atoms with Crippen LogP contribution in [0.5, 0.6) is 0 Å². The highest BCUT2D eigenvalue weighted by Gasteiger charge is 2.27. The molecule has 1 aliphatic rings. The minimum absolute atomic E-state index is 0.204. The maximum atomic E-state index is 12.7. The summed E-state index contributed by atoms with van der Waals surface area (Å²) in [6, 6.07) is 0. The number of fused-ring (bicyclic) bond motifs is 3. The van der Waals surface area contributed by atoms with E-state index in [4.69, 9.17) is 0 Å². The Balaban J connectivity index is 1.78. The average molecular weight is 322 g/mol. The molecular weight excluding hydrogens is 304 g/mol. The summed E-state index contributed by atoms with van der Waals surface area (Å²) in [5.41, 5.74) is 5.86. The lowest BCUT2D eigenvalue weighted by Crippen LogP contribution is -2.13. The molecule has 3 heterocycles. The molecular formula is C17H18N6O. The molecule has 0 saturated heterocycles. The van der Waals surface area contributed by atoms with Crippen molar-refractivity contribution in [3.05, 3.63) is 47.3 Å². The Morgan fingerprint density at radius 3 is 3.00 bits per heavy atom. The molecule has 0 fully saturated rings. The van der Waals surface area contributed by atoms with Gasteiger partial charge in [0.15, 0.2) is 5.82 Å². The molecule has 0 unspecified atom stereocenters. The number of carbonyl (C=O) groups is 1. The fourth-order valence-electron chi connectivity index (χ4n) is 3.25. The number of nitrogens with zero attached hydrogens (tertiary/aromatic N) is 4. The van der Waals surface area contributed by atoms with E-state index in [0.717, 1.165) is 41.9 Å². The van der Waals surface area contributed by atoms with Crippen molar-refractivity contribution >= 4 is 11.7 Å². The van der Waals surface area contributed by atoms with Crippen molar-refractivity contribution in [2.45, 2.75) is 26.2 Å². The van der Waals surface area contributed by atoms with Crippen molar-refractivity contribution in [2.24, 2.45) is 7.05 Å². The number of H-pyrrole nitrogens is 1. The molecule has 0 radical (unpaired) electrons. The molecule has 24 heavy (non-hydrogen) atoms. The summed E-state index contributed by atoms with van der Waals surface area (Å²) < 4.78 is 1.89. The van der Waals surface area contributed by atoms with Gasteiger partial charge in [-0.25, -0.2) is 4.98 Å². The van der Waals surface area contributed by atoms with Crippen LogP contribution in [-0.2, 0) is 19.9 Å². The van der Waals surface area contributed by atoms with Gasteiger partial charge < -0.3 is 10.3 Å². The van der Waals surface area contributed by atoms with Crippen LogP contribution in [0.15, 0.2) is 24.8 Å². The molecule has 7 heteroatoms. The lowest BCUT2D eigenvalue weighted by atomic mass is 10.0. The lowest BCUT2D eigenvalue weighted by Gasteiger charge is -2.05. The molecule has 0 aliphatic heterocycles. The Morgan fingerprint density at radius 2 is 2.21 bits per heavy atom. The maximum absolute atomic E-state index is 12.7. The van der Waals surface area contributed by atoms with Gasteiger partial charge in [0.1, 0.15) is 0 Å². The minimum atomic E-state index is -0.204. The van der Waals surface area contributed by atoms with Crippen LogP contribution in [0.4, 0.5) is 5.82 Å². The van der Waals surface area contributed by atoms with E-state index < -0.39 is 0 Å². The number of carbonyl (C=O) groups excluding carboxylic acids is 1. The number of rotatable bonds is 2. The third kappa shape index (κ3) is 2.29. The van der Waals surface area contributed by atoms with Gasteiger partial charge in [-0.2, -0.15) is 5.10 Å². The van der Waals surface area contributed by atoms with Gasteiger partial charge in [0.2, 0.25) is 0 Å². The fourth-order valence-corrected chi connectivity index (χ4v) is 3.25. The Hall–Kier alpha value is -2.96. The third-order valence-corrected chi connectivity index (χ3v) is 4.56. The monoisotopic (exact) mass is 322 g/mol. The summed E-state index contributed by atoms with van der Waals surface area (Å²) in [7, 11) is 1.94. The zero-order valence-corrected chi connectivity index (χ0v) is 13.6. The SMILES string of the molecule is Cc1c2c(nn1C)-c1c(C(=O)Nc3cnccn3)c[nH]c1CCC2. The highest BCUT2D eigenvalue weighted by molar-refractivity contribution is 6.08. The largest absolute Gasteiger partial charge is 0.364 e. The van der Waals surface area contributed by atoms with E-state index in [9.17, 15) is 4.79 Å². The third-order valence-electron chi connectivity index (χ3n) is 4.56. The van der Waals surface area contributed by atoms with E-state index in [1.54, 1.807) is 18.6 Å². The van der Waals surface area contributed by atoms with E-state index in [-0.39, 0.29) is 5.91 Å². The number of hydrogen-bond donors (Lipinski definition) is 2. The molecule has 0 aromatic carbocycles. The van der Waals surface area contributed by atoms with E-state index in [0.29, 0.717) is 11.4 Å². The second-order valence-electron chi connectivity index (χ2n) is 5.99. The van der Waals surface area contributed by atoms with Crippen LogP contribution in [0.2, 0.25) is 0 Å². The Morgan fingerprint density at radius 1 is 1.33 bits per heavy atom. The van der Waals surface area contributed by atoms with Crippen molar-refractivity contribution < 1.29 is 4.79 Å². The maximum Gasteiger partial charge on any atom is 0.259 e. The molecule has 122 valence electrons. The second kappa shape index (κ2) is 5.59. The topological polar surface area (TPSA) is 88.5 Å². The lowest BCUT2D eigenvalue weighted by molar-refractivity contribution is 0.102. The van der Waals surface area contributed by atoms with Crippen LogP contribution in [0, 0.1) is 6.92 Å². The van der Waals surface area contributed by atoms with Gasteiger partial charge in [0, 0.05) is 48.2 Å². The predicted octanol–water partition coefficient (Wildman–Crippen LogP) is 2.25. The summed E-state index contributed by atoms with van der Waals surface area (Å²) in [5.74, 6) is 0.229. The Bertz CT molecular complexity index is 909. The van der Waals surface area contributed by atoms with Gasteiger partial charge in [0.05, 0.1) is 17.5 Å². The number of aryl methyl sites for hydroxylation is 2. The Labute approximate surface area is 139 Å². The van der Waals surface area contributed by atoms with Gasteiger partial charge in [-0.3, -0.25) is 14.5 Å². The zero-order chi connectivity index (χ0) is 16.7. The molecule has 4 rings (SSSR count). The minimum Gasteiger partial charge on any atom is -0.364 e. The van der Waals surface area contributed by atoms with Gasteiger partial charge in [0.25, 0.3) is 5.91 Å². The number of nitrogens with one attached hydrogen (secondary N) is 2. The first-order chi connectivity index (χ1) is 11.6. The molecule has 0 bridgehead atoms. The van der Waals surface area contributed by atoms with Gasteiger partial charge in [-0.1, -0.05) is 0 Å². The van der Waals surface area contributed by atoms with Crippen LogP contribution in [0.1, 0.15) is 33.7 Å². The van der Waals surface area contributed by atoms with Crippen molar-refractivity contribution in [1.82, 2.24) is 24.7 Å². The molecule has 1 amide bonds. The summed E-state index contributed by atoms with van der Waals surface area (Å²) in [6.45, 7) is 2.07. The summed E-state index contributed by atoms with van der Waals surface area (Å²) >= 11 is 0. The van der Waals surface area contributed by atoms with Crippen molar-refractivity contribution in [3.63, 3.8) is 0 Å². The normalized spacial score (nSPS) is 13.1. The van der Waals surface area contributed by atoms with E-state index in [1.165, 1.54) is 11.8 Å². The Kier molecular flexibility index (Phi) is 3.41. The molecule has 1 aliphatic carbocycles. The first-order valence-electron chi connectivity index (χ1n) is 7.95. The van der Waals surface area contributed by atoms with E-state index in [1.807, 2.05) is 11.7 Å². The molecule has 2 N–H and O–H groups in total. The zero-order valence-electron chi connectivity index (χ0n) is 13.6. The van der Waals surface area contributed by atoms with Crippen LogP contribution in [0.3, 0.4) is 0 Å². The molecule has 0 spiro atoms. The molecule has 3 aromatic heterocycles. The number of aromatic nitrogens is 5. The summed E-state index contributed by atoms with van der Waals surface area (Å²) in [6.07, 6.45) is 9.33. The highest BCUT2D eigenvalue weighted by atomic mass is 16.1. The second-order valence-corrected chi connectivity index (χ2v) is 5.99. The van der Waals surface area contributed by atoms with E-state index >= 15 is 0 Å². The van der Waals surface area contributed by atoms with E-state index in [2.05, 4.69) is 32.3 Å². The first kappa shape index (κ1) is 14.6. The van der Waals surface area contributed by atoms with Crippen molar-refractivity contribution in [3.8, 4) is 11.3 Å². The predicted molar refractivity (Wildman–Crippen MR) is 89.7 cm³/mol. The van der Waals surface area contributed by atoms with Gasteiger partial charge in [-0.05, 0) is 26.2 Å². The highest BCUT2D eigenvalue weighted by Crippen LogP contribution is 2.35. The average Bonchev–Trinajstić information content (AvgIpc) is 3.06. The summed E-state index contributed by atoms with van der Waals surface area (Å²) in [4.78, 5) is 24.1. The smallest absolute Gasteiger partial charge is 0.259 e. The quantitative estimate of drug-likeness (QED) is 0.757. The van der Waals surface area contributed by atoms with Crippen molar-refractivity contribution in [1.29, 1.82) is 0 Å². The van der Waals surface area contributed by atoms with Crippen LogP contribution in [0.25, 0.3) is 11.3 Å². The molecule has 0 atom stereocenters. The molecule has 7 nitrogen and oxygen atoms in total. The number of anilines is 1. The van der Waals surface area contributed by atoms with Crippen LogP contribution >= 0.6 is 0 Å². The molecule has 0 saturated carbocycles. The standard InChI is InChI=1S/C17H18N6O/c1-10-11-4-3-5-13-15(16(11)22-23(10)2)12(8-20-13)17(24)21-14-9-18-6-7-19-14/h6-9,20H,3-5H2,1-2H3,(H,19,21,24).